The summed E-state index contributed by atoms with van der Waals surface area (Å²) in [4.78, 5) is 14.0. The number of fused-ring (bicyclic) bond motifs is 1. The van der Waals surface area contributed by atoms with Gasteiger partial charge in [0.15, 0.2) is 0 Å². The molecule has 1 N–H and O–H groups in total. The van der Waals surface area contributed by atoms with Crippen molar-refractivity contribution in [3.8, 4) is 11.4 Å². The van der Waals surface area contributed by atoms with Crippen molar-refractivity contribution >= 4 is 51.9 Å². The Morgan fingerprint density at radius 1 is 1.03 bits per heavy atom. The van der Waals surface area contributed by atoms with Crippen LogP contribution in [0.4, 0.5) is 5.69 Å². The summed E-state index contributed by atoms with van der Waals surface area (Å²) in [5.74, 6) is 0.132. The Bertz CT molecular complexity index is 1300. The molecule has 4 rings (SSSR count). The fourth-order valence-corrected chi connectivity index (χ4v) is 3.64. The third-order valence-corrected chi connectivity index (χ3v) is 5.07. The Hall–Kier alpha value is -3.35. The van der Waals surface area contributed by atoms with Crippen molar-refractivity contribution in [2.75, 3.05) is 12.4 Å². The SMILES string of the molecule is COc1c(Cl)cc(Cl)cc1/C=C/C(=O)Nc1ccc2nn(-c3ccc(C)cc3)nc2c1. The molecule has 0 bridgehead atoms. The lowest BCUT2D eigenvalue weighted by molar-refractivity contribution is -0.111. The minimum Gasteiger partial charge on any atom is -0.495 e. The van der Waals surface area contributed by atoms with E-state index in [0.717, 1.165) is 16.8 Å². The number of methoxy groups -OCH3 is 1. The molecular weight excluding hydrogens is 435 g/mol. The molecule has 4 aromatic rings. The first-order chi connectivity index (χ1) is 14.9. The van der Waals surface area contributed by atoms with Crippen LogP contribution in [0.2, 0.25) is 10.0 Å². The molecule has 0 spiro atoms. The molecule has 1 amide bonds. The van der Waals surface area contributed by atoms with Gasteiger partial charge >= 0.3 is 0 Å². The average Bonchev–Trinajstić information content (AvgIpc) is 3.16. The van der Waals surface area contributed by atoms with E-state index in [2.05, 4.69) is 15.5 Å². The van der Waals surface area contributed by atoms with Crippen LogP contribution in [0.25, 0.3) is 22.8 Å². The summed E-state index contributed by atoms with van der Waals surface area (Å²) in [5, 5.41) is 12.6. The minimum atomic E-state index is -0.316. The lowest BCUT2D eigenvalue weighted by Crippen LogP contribution is -2.07. The van der Waals surface area contributed by atoms with Crippen molar-refractivity contribution in [3.05, 3.63) is 81.8 Å². The molecule has 0 aliphatic carbocycles. The zero-order valence-electron chi connectivity index (χ0n) is 16.8. The molecule has 6 nitrogen and oxygen atoms in total. The fourth-order valence-electron chi connectivity index (χ4n) is 3.05. The van der Waals surface area contributed by atoms with Crippen molar-refractivity contribution in [2.24, 2.45) is 0 Å². The molecule has 0 fully saturated rings. The van der Waals surface area contributed by atoms with Crippen LogP contribution < -0.4 is 10.1 Å². The van der Waals surface area contributed by atoms with Gasteiger partial charge in [-0.2, -0.15) is 4.80 Å². The summed E-state index contributed by atoms with van der Waals surface area (Å²) >= 11 is 12.2. The molecular formula is C23H18Cl2N4O2. The lowest BCUT2D eigenvalue weighted by Gasteiger charge is -2.08. The number of nitrogens with zero attached hydrogens (tertiary/aromatic N) is 3. The number of rotatable bonds is 5. The van der Waals surface area contributed by atoms with Crippen molar-refractivity contribution in [1.82, 2.24) is 15.0 Å². The maximum Gasteiger partial charge on any atom is 0.248 e. The number of hydrogen-bond donors (Lipinski definition) is 1. The van der Waals surface area contributed by atoms with Gasteiger partial charge < -0.3 is 10.1 Å². The third kappa shape index (κ3) is 4.71. The summed E-state index contributed by atoms with van der Waals surface area (Å²) in [6.07, 6.45) is 2.98. The second-order valence-electron chi connectivity index (χ2n) is 6.86. The highest BCUT2D eigenvalue weighted by molar-refractivity contribution is 6.36. The Kier molecular flexibility index (Phi) is 5.93. The van der Waals surface area contributed by atoms with E-state index in [1.807, 2.05) is 37.3 Å². The molecule has 0 atom stereocenters. The molecule has 156 valence electrons. The van der Waals surface area contributed by atoms with Crippen molar-refractivity contribution in [1.29, 1.82) is 0 Å². The largest absolute Gasteiger partial charge is 0.495 e. The normalized spacial score (nSPS) is 11.2. The maximum atomic E-state index is 12.4. The summed E-state index contributed by atoms with van der Waals surface area (Å²) in [7, 11) is 1.51. The number of nitrogens with one attached hydrogen (secondary N) is 1. The van der Waals surface area contributed by atoms with Crippen LogP contribution in [0, 0.1) is 6.92 Å². The standard InChI is InChI=1S/C23H18Cl2N4O2/c1-14-3-7-18(8-4-14)29-27-20-9-6-17(13-21(20)28-29)26-22(30)10-5-15-11-16(24)12-19(25)23(15)31-2/h3-13H,1-2H3,(H,26,30)/b10-5+. The molecule has 0 aliphatic rings. The Labute approximate surface area is 189 Å². The van der Waals surface area contributed by atoms with Crippen LogP contribution in [-0.2, 0) is 4.79 Å². The second kappa shape index (κ2) is 8.79. The van der Waals surface area contributed by atoms with Gasteiger partial charge in [0.25, 0.3) is 0 Å². The van der Waals surface area contributed by atoms with Crippen LogP contribution in [0.5, 0.6) is 5.75 Å². The first-order valence-electron chi connectivity index (χ1n) is 9.39. The van der Waals surface area contributed by atoms with Gasteiger partial charge in [0, 0.05) is 22.3 Å². The van der Waals surface area contributed by atoms with Crippen LogP contribution in [-0.4, -0.2) is 28.0 Å². The number of carbonyl (C=O) groups excluding carboxylic acids is 1. The Balaban J connectivity index is 1.53. The predicted molar refractivity (Wildman–Crippen MR) is 124 cm³/mol. The van der Waals surface area contributed by atoms with Crippen LogP contribution in [0.1, 0.15) is 11.1 Å². The molecule has 31 heavy (non-hydrogen) atoms. The molecule has 1 aromatic heterocycles. The predicted octanol–water partition coefficient (Wildman–Crippen LogP) is 5.70. The van der Waals surface area contributed by atoms with E-state index in [4.69, 9.17) is 27.9 Å². The number of hydrogen-bond acceptors (Lipinski definition) is 4. The van der Waals surface area contributed by atoms with Crippen LogP contribution in [0.3, 0.4) is 0 Å². The number of halogens is 2. The second-order valence-corrected chi connectivity index (χ2v) is 7.70. The molecule has 0 saturated carbocycles. The van der Waals surface area contributed by atoms with Crippen LogP contribution >= 0.6 is 23.2 Å². The molecule has 0 aliphatic heterocycles. The first kappa shape index (κ1) is 20.9. The van der Waals surface area contributed by atoms with Crippen molar-refractivity contribution < 1.29 is 9.53 Å². The molecule has 0 saturated heterocycles. The Morgan fingerprint density at radius 3 is 2.52 bits per heavy atom. The van der Waals surface area contributed by atoms with E-state index in [1.54, 1.807) is 35.1 Å². The third-order valence-electron chi connectivity index (χ3n) is 4.57. The van der Waals surface area contributed by atoms with Gasteiger partial charge in [-0.3, -0.25) is 4.79 Å². The van der Waals surface area contributed by atoms with Crippen molar-refractivity contribution in [3.63, 3.8) is 0 Å². The summed E-state index contributed by atoms with van der Waals surface area (Å²) in [6, 6.07) is 16.5. The van der Waals surface area contributed by atoms with Gasteiger partial charge in [-0.05, 0) is 55.5 Å². The minimum absolute atomic E-state index is 0.316. The van der Waals surface area contributed by atoms with E-state index in [9.17, 15) is 4.79 Å². The molecule has 1 heterocycles. The van der Waals surface area contributed by atoms with Gasteiger partial charge in [0.05, 0.1) is 17.8 Å². The first-order valence-corrected chi connectivity index (χ1v) is 10.1. The van der Waals surface area contributed by atoms with E-state index >= 15 is 0 Å². The van der Waals surface area contributed by atoms with E-state index in [0.29, 0.717) is 32.6 Å². The summed E-state index contributed by atoms with van der Waals surface area (Å²) in [5.41, 5.74) is 4.64. The molecule has 0 unspecified atom stereocenters. The quantitative estimate of drug-likeness (QED) is 0.394. The number of anilines is 1. The number of carbonyl (C=O) groups is 1. The van der Waals surface area contributed by atoms with Gasteiger partial charge in [0.1, 0.15) is 16.8 Å². The van der Waals surface area contributed by atoms with Gasteiger partial charge in [-0.1, -0.05) is 40.9 Å². The Morgan fingerprint density at radius 2 is 1.77 bits per heavy atom. The highest BCUT2D eigenvalue weighted by atomic mass is 35.5. The molecule has 0 radical (unpaired) electrons. The zero-order chi connectivity index (χ0) is 22.0. The number of benzene rings is 3. The highest BCUT2D eigenvalue weighted by Crippen LogP contribution is 2.33. The van der Waals surface area contributed by atoms with E-state index in [-0.39, 0.29) is 5.91 Å². The molecule has 8 heteroatoms. The average molecular weight is 453 g/mol. The number of aromatic nitrogens is 3. The molecule has 3 aromatic carbocycles. The smallest absolute Gasteiger partial charge is 0.248 e. The summed E-state index contributed by atoms with van der Waals surface area (Å²) in [6.45, 7) is 2.03. The number of amides is 1. The zero-order valence-corrected chi connectivity index (χ0v) is 18.3. The number of aryl methyl sites for hydroxylation is 1. The maximum absolute atomic E-state index is 12.4. The topological polar surface area (TPSA) is 69.0 Å². The van der Waals surface area contributed by atoms with Gasteiger partial charge in [-0.15, -0.1) is 10.2 Å². The summed E-state index contributed by atoms with van der Waals surface area (Å²) < 4.78 is 5.28. The van der Waals surface area contributed by atoms with E-state index in [1.165, 1.54) is 13.2 Å². The van der Waals surface area contributed by atoms with E-state index < -0.39 is 0 Å². The lowest BCUT2D eigenvalue weighted by atomic mass is 10.2. The number of ether oxygens (including phenoxy) is 1. The van der Waals surface area contributed by atoms with Gasteiger partial charge in [0.2, 0.25) is 5.91 Å². The van der Waals surface area contributed by atoms with Crippen LogP contribution in [0.15, 0.2) is 60.7 Å². The monoisotopic (exact) mass is 452 g/mol. The highest BCUT2D eigenvalue weighted by Gasteiger charge is 2.09. The fraction of sp³-hybridized carbons (Fsp3) is 0.0870. The van der Waals surface area contributed by atoms with Gasteiger partial charge in [-0.25, -0.2) is 0 Å². The van der Waals surface area contributed by atoms with Crippen molar-refractivity contribution in [2.45, 2.75) is 6.92 Å².